The maximum absolute atomic E-state index is 12.6. The van der Waals surface area contributed by atoms with E-state index in [9.17, 15) is 13.2 Å². The molecule has 0 saturated carbocycles. The molecule has 144 valence electrons. The smallest absolute Gasteiger partial charge is 0.251 e. The summed E-state index contributed by atoms with van der Waals surface area (Å²) in [7, 11) is -3.57. The molecule has 1 saturated heterocycles. The highest BCUT2D eigenvalue weighted by molar-refractivity contribution is 7.89. The quantitative estimate of drug-likeness (QED) is 0.842. The molecule has 1 amide bonds. The van der Waals surface area contributed by atoms with Crippen LogP contribution in [0.15, 0.2) is 53.7 Å². The molecule has 1 N–H and O–H groups in total. The minimum Gasteiger partial charge on any atom is -0.379 e. The molecule has 1 aromatic carbocycles. The number of ether oxygens (including phenoxy) is 1. The Morgan fingerprint density at radius 1 is 1.15 bits per heavy atom. The van der Waals surface area contributed by atoms with Crippen LogP contribution in [0.4, 0.5) is 0 Å². The second-order valence-corrected chi connectivity index (χ2v) is 8.80. The molecular weight excluding hydrogens is 366 g/mol. The normalized spacial score (nSPS) is 16.1. The predicted molar refractivity (Wildman–Crippen MR) is 101 cm³/mol. The lowest BCUT2D eigenvalue weighted by molar-refractivity contribution is 0.0730. The molecule has 1 fully saturated rings. The minimum atomic E-state index is -3.57. The van der Waals surface area contributed by atoms with Crippen molar-refractivity contribution in [3.05, 3.63) is 59.9 Å². The van der Waals surface area contributed by atoms with E-state index >= 15 is 0 Å². The first kappa shape index (κ1) is 19.5. The number of pyridine rings is 1. The molecule has 27 heavy (non-hydrogen) atoms. The van der Waals surface area contributed by atoms with E-state index < -0.39 is 15.6 Å². The largest absolute Gasteiger partial charge is 0.379 e. The zero-order valence-electron chi connectivity index (χ0n) is 15.4. The van der Waals surface area contributed by atoms with Crippen LogP contribution >= 0.6 is 0 Å². The number of hydrogen-bond acceptors (Lipinski definition) is 5. The number of hydrogen-bond donors (Lipinski definition) is 1. The highest BCUT2D eigenvalue weighted by atomic mass is 32.2. The zero-order valence-corrected chi connectivity index (χ0v) is 16.2. The van der Waals surface area contributed by atoms with Crippen molar-refractivity contribution in [1.29, 1.82) is 0 Å². The Morgan fingerprint density at radius 3 is 2.41 bits per heavy atom. The molecule has 0 aliphatic carbocycles. The summed E-state index contributed by atoms with van der Waals surface area (Å²) >= 11 is 0. The zero-order chi connectivity index (χ0) is 19.5. The van der Waals surface area contributed by atoms with Crippen molar-refractivity contribution in [2.45, 2.75) is 24.3 Å². The third-order valence-corrected chi connectivity index (χ3v) is 6.45. The maximum Gasteiger partial charge on any atom is 0.251 e. The summed E-state index contributed by atoms with van der Waals surface area (Å²) in [5.41, 5.74) is 0.668. The second kappa shape index (κ2) is 7.75. The van der Waals surface area contributed by atoms with Gasteiger partial charge in [-0.3, -0.25) is 9.78 Å². The van der Waals surface area contributed by atoms with E-state index in [0.29, 0.717) is 31.9 Å². The number of amides is 1. The van der Waals surface area contributed by atoms with E-state index in [1.165, 1.54) is 28.6 Å². The number of morpholine rings is 1. The molecule has 2 aromatic rings. The van der Waals surface area contributed by atoms with Gasteiger partial charge in [-0.1, -0.05) is 6.07 Å². The fraction of sp³-hybridized carbons (Fsp3) is 0.368. The predicted octanol–water partition coefficient (Wildman–Crippen LogP) is 1.77. The van der Waals surface area contributed by atoms with Gasteiger partial charge in [0.2, 0.25) is 10.0 Å². The molecule has 3 rings (SSSR count). The molecule has 1 aliphatic heterocycles. The molecule has 0 bridgehead atoms. The standard InChI is InChI=1S/C19H23N3O4S/c1-19(2,16-4-3-9-20-14-16)21-18(23)15-5-7-17(8-6-15)27(24,25)22-10-12-26-13-11-22/h3-9,14H,10-13H2,1-2H3,(H,21,23). The van der Waals surface area contributed by atoms with Crippen LogP contribution in [0, 0.1) is 0 Å². The van der Waals surface area contributed by atoms with Gasteiger partial charge in [-0.25, -0.2) is 8.42 Å². The number of rotatable bonds is 5. The summed E-state index contributed by atoms with van der Waals surface area (Å²) < 4.78 is 31.9. The number of aromatic nitrogens is 1. The lowest BCUT2D eigenvalue weighted by Gasteiger charge is -2.27. The van der Waals surface area contributed by atoms with Crippen LogP contribution in [0.25, 0.3) is 0 Å². The number of nitrogens with one attached hydrogen (secondary N) is 1. The van der Waals surface area contributed by atoms with E-state index in [4.69, 9.17) is 4.74 Å². The summed E-state index contributed by atoms with van der Waals surface area (Å²) in [6.45, 7) is 5.23. The van der Waals surface area contributed by atoms with Crippen molar-refractivity contribution < 1.29 is 17.9 Å². The summed E-state index contributed by atoms with van der Waals surface area (Å²) in [6.07, 6.45) is 3.38. The second-order valence-electron chi connectivity index (χ2n) is 6.86. The summed E-state index contributed by atoms with van der Waals surface area (Å²) in [5, 5.41) is 2.96. The van der Waals surface area contributed by atoms with Gasteiger partial charge in [0.05, 0.1) is 23.6 Å². The number of sulfonamides is 1. The fourth-order valence-corrected chi connectivity index (χ4v) is 4.28. The van der Waals surface area contributed by atoms with Crippen molar-refractivity contribution in [2.75, 3.05) is 26.3 Å². The maximum atomic E-state index is 12.6. The highest BCUT2D eigenvalue weighted by Gasteiger charge is 2.27. The Labute approximate surface area is 159 Å². The Hall–Kier alpha value is -2.29. The molecule has 7 nitrogen and oxygen atoms in total. The average Bonchev–Trinajstić information content (AvgIpc) is 2.69. The van der Waals surface area contributed by atoms with Crippen LogP contribution in [0.3, 0.4) is 0 Å². The molecule has 2 heterocycles. The number of nitrogens with zero attached hydrogens (tertiary/aromatic N) is 2. The van der Waals surface area contributed by atoms with Gasteiger partial charge in [0.25, 0.3) is 5.91 Å². The number of carbonyl (C=O) groups is 1. The van der Waals surface area contributed by atoms with Crippen LogP contribution in [0.1, 0.15) is 29.8 Å². The fourth-order valence-electron chi connectivity index (χ4n) is 2.87. The SMILES string of the molecule is CC(C)(NC(=O)c1ccc(S(=O)(=O)N2CCOCC2)cc1)c1cccnc1. The minimum absolute atomic E-state index is 0.174. The third kappa shape index (κ3) is 4.35. The van der Waals surface area contributed by atoms with Gasteiger partial charge in [0.15, 0.2) is 0 Å². The van der Waals surface area contributed by atoms with E-state index in [-0.39, 0.29) is 10.8 Å². The van der Waals surface area contributed by atoms with Crippen molar-refractivity contribution in [2.24, 2.45) is 0 Å². The average molecular weight is 389 g/mol. The number of carbonyl (C=O) groups excluding carboxylic acids is 1. The molecule has 0 atom stereocenters. The van der Waals surface area contributed by atoms with Crippen molar-refractivity contribution in [3.63, 3.8) is 0 Å². The summed E-state index contributed by atoms with van der Waals surface area (Å²) in [5.74, 6) is -0.279. The van der Waals surface area contributed by atoms with Gasteiger partial charge in [-0.2, -0.15) is 4.31 Å². The van der Waals surface area contributed by atoms with E-state index in [2.05, 4.69) is 10.3 Å². The first-order valence-corrected chi connectivity index (χ1v) is 10.2. The van der Waals surface area contributed by atoms with Crippen LogP contribution < -0.4 is 5.32 Å². The molecule has 0 unspecified atom stereocenters. The Bertz CT molecular complexity index is 890. The molecule has 8 heteroatoms. The van der Waals surface area contributed by atoms with Crippen LogP contribution in [-0.2, 0) is 20.3 Å². The lowest BCUT2D eigenvalue weighted by atomic mass is 9.95. The van der Waals surface area contributed by atoms with Gasteiger partial charge in [0, 0.05) is 31.0 Å². The Kier molecular flexibility index (Phi) is 5.59. The highest BCUT2D eigenvalue weighted by Crippen LogP contribution is 2.21. The van der Waals surface area contributed by atoms with Crippen molar-refractivity contribution >= 4 is 15.9 Å². The van der Waals surface area contributed by atoms with Gasteiger partial charge in [0.1, 0.15) is 0 Å². The first-order chi connectivity index (χ1) is 12.8. The van der Waals surface area contributed by atoms with Crippen molar-refractivity contribution in [3.8, 4) is 0 Å². The monoisotopic (exact) mass is 389 g/mol. The van der Waals surface area contributed by atoms with Gasteiger partial charge < -0.3 is 10.1 Å². The van der Waals surface area contributed by atoms with Crippen LogP contribution in [0.5, 0.6) is 0 Å². The van der Waals surface area contributed by atoms with E-state index in [1.54, 1.807) is 12.4 Å². The van der Waals surface area contributed by atoms with E-state index in [0.717, 1.165) is 5.56 Å². The van der Waals surface area contributed by atoms with E-state index in [1.807, 2.05) is 26.0 Å². The molecule has 1 aliphatic rings. The Balaban J connectivity index is 1.74. The molecule has 1 aromatic heterocycles. The van der Waals surface area contributed by atoms with Gasteiger partial charge in [-0.15, -0.1) is 0 Å². The van der Waals surface area contributed by atoms with Crippen LogP contribution in [0.2, 0.25) is 0 Å². The number of benzene rings is 1. The molecule has 0 spiro atoms. The topological polar surface area (TPSA) is 88.6 Å². The summed E-state index contributed by atoms with van der Waals surface area (Å²) in [4.78, 5) is 16.8. The van der Waals surface area contributed by atoms with Gasteiger partial charge in [-0.05, 0) is 49.7 Å². The Morgan fingerprint density at radius 2 is 1.81 bits per heavy atom. The summed E-state index contributed by atoms with van der Waals surface area (Å²) in [6, 6.07) is 9.71. The first-order valence-electron chi connectivity index (χ1n) is 8.72. The van der Waals surface area contributed by atoms with Crippen molar-refractivity contribution in [1.82, 2.24) is 14.6 Å². The third-order valence-electron chi connectivity index (χ3n) is 4.53. The molecule has 0 radical (unpaired) electrons. The molecular formula is C19H23N3O4S. The van der Waals surface area contributed by atoms with Crippen LogP contribution in [-0.4, -0.2) is 49.9 Å². The van der Waals surface area contributed by atoms with Gasteiger partial charge >= 0.3 is 0 Å². The lowest BCUT2D eigenvalue weighted by Crippen LogP contribution is -2.41.